The molecule has 48 heavy (non-hydrogen) atoms. The first-order chi connectivity index (χ1) is 23.3. The number of aliphatic hydroxyl groups is 3. The molecule has 0 saturated heterocycles. The minimum atomic E-state index is -0.862. The van der Waals surface area contributed by atoms with Crippen LogP contribution in [-0.2, 0) is 19.1 Å². The van der Waals surface area contributed by atoms with Crippen LogP contribution in [0.25, 0.3) is 0 Å². The van der Waals surface area contributed by atoms with Crippen LogP contribution in [0.4, 0.5) is 0 Å². The summed E-state index contributed by atoms with van der Waals surface area (Å²) >= 11 is 0. The molecule has 0 aliphatic carbocycles. The Hall–Kier alpha value is -2.22. The molecule has 3 N–H and O–H groups in total. The molecule has 0 aromatic heterocycles. The zero-order chi connectivity index (χ0) is 35.5. The molecule has 0 unspecified atom stereocenters. The summed E-state index contributed by atoms with van der Waals surface area (Å²) in [6, 6.07) is 0. The molecular weight excluding hydrogens is 604 g/mol. The van der Waals surface area contributed by atoms with Crippen molar-refractivity contribution in [1.29, 1.82) is 0 Å². The largest absolute Gasteiger partial charge is 0.462 e. The average Bonchev–Trinajstić information content (AvgIpc) is 3.06. The second-order valence-electron chi connectivity index (χ2n) is 13.5. The molecule has 0 aliphatic rings. The molecule has 0 saturated carbocycles. The number of hydrogen-bond acceptors (Lipinski definition) is 7. The highest BCUT2D eigenvalue weighted by Gasteiger charge is 2.16. The van der Waals surface area contributed by atoms with Gasteiger partial charge in [0.1, 0.15) is 6.61 Å². The van der Waals surface area contributed by atoms with E-state index in [1.54, 1.807) is 36.5 Å². The van der Waals surface area contributed by atoms with Crippen LogP contribution < -0.4 is 0 Å². The fraction of sp³-hybridized carbons (Fsp3) is 0.756. The molecule has 7 heteroatoms. The number of allylic oxidation sites excluding steroid dienone is 5. The van der Waals surface area contributed by atoms with Crippen LogP contribution in [0.15, 0.2) is 48.6 Å². The number of carbonyl (C=O) groups excluding carboxylic acids is 2. The molecule has 3 atom stereocenters. The molecule has 7 nitrogen and oxygen atoms in total. The molecule has 0 bridgehead atoms. The molecule has 0 heterocycles. The van der Waals surface area contributed by atoms with Gasteiger partial charge in [-0.05, 0) is 44.4 Å². The highest BCUT2D eigenvalue weighted by atomic mass is 16.6. The maximum absolute atomic E-state index is 12.2. The second kappa shape index (κ2) is 34.6. The molecule has 0 radical (unpaired) electrons. The van der Waals surface area contributed by atoms with E-state index in [0.717, 1.165) is 31.6 Å². The lowest BCUT2D eigenvalue weighted by atomic mass is 10.0. The summed E-state index contributed by atoms with van der Waals surface area (Å²) in [6.45, 7) is 6.19. The predicted molar refractivity (Wildman–Crippen MR) is 199 cm³/mol. The summed E-state index contributed by atoms with van der Waals surface area (Å²) in [6.07, 6.45) is 35.2. The first-order valence-corrected chi connectivity index (χ1v) is 19.3. The van der Waals surface area contributed by atoms with Crippen LogP contribution in [0.3, 0.4) is 0 Å². The van der Waals surface area contributed by atoms with Crippen LogP contribution in [-0.4, -0.2) is 58.8 Å². The van der Waals surface area contributed by atoms with Crippen molar-refractivity contribution in [3.63, 3.8) is 0 Å². The SMILES string of the molecule is CCCCC/C=C\C[C@@H](O)/C=C/C=C/C=C\[C@@H](O)CCCC(=O)OC[C@H](CO)OC(=O)CCCCCCCCCCCCCCC(C)C. The van der Waals surface area contributed by atoms with E-state index < -0.39 is 30.9 Å². The molecule has 0 aliphatic heterocycles. The monoisotopic (exact) mass is 677 g/mol. The van der Waals surface area contributed by atoms with Crippen molar-refractivity contribution in [2.75, 3.05) is 13.2 Å². The minimum absolute atomic E-state index is 0.124. The van der Waals surface area contributed by atoms with Gasteiger partial charge in [0.25, 0.3) is 0 Å². The third kappa shape index (κ3) is 33.7. The Kier molecular flexibility index (Phi) is 33.0. The Morgan fingerprint density at radius 3 is 1.77 bits per heavy atom. The molecule has 278 valence electrons. The second-order valence-corrected chi connectivity index (χ2v) is 13.5. The standard InChI is InChI=1S/C41H72O7/c1-4-5-6-7-17-22-28-37(43)29-23-19-20-24-30-38(44)31-26-33-40(45)47-35-39(34-42)48-41(46)32-25-18-15-13-11-9-8-10-12-14-16-21-27-36(2)3/h17,19-20,22-24,29-30,36-39,42-44H,4-16,18,21,25-28,31-35H2,1-3H3/b20-19+,22-17-,29-23+,30-24-/t37-,38-,39+/m1/s1. The minimum Gasteiger partial charge on any atom is -0.462 e. The van der Waals surface area contributed by atoms with Gasteiger partial charge in [-0.2, -0.15) is 0 Å². The normalized spacial score (nSPS) is 14.1. The third-order valence-corrected chi connectivity index (χ3v) is 8.24. The fourth-order valence-electron chi connectivity index (χ4n) is 5.23. The summed E-state index contributed by atoms with van der Waals surface area (Å²) in [5.74, 6) is -0.00716. The highest BCUT2D eigenvalue weighted by Crippen LogP contribution is 2.15. The zero-order valence-corrected chi connectivity index (χ0v) is 30.9. The van der Waals surface area contributed by atoms with Gasteiger partial charge in [-0.25, -0.2) is 0 Å². The number of unbranched alkanes of at least 4 members (excludes halogenated alkanes) is 14. The van der Waals surface area contributed by atoms with Crippen molar-refractivity contribution < 1.29 is 34.4 Å². The Labute approximate surface area is 294 Å². The smallest absolute Gasteiger partial charge is 0.306 e. The van der Waals surface area contributed by atoms with Gasteiger partial charge in [-0.15, -0.1) is 0 Å². The zero-order valence-electron chi connectivity index (χ0n) is 30.9. The van der Waals surface area contributed by atoms with E-state index in [1.807, 2.05) is 6.08 Å². The van der Waals surface area contributed by atoms with Crippen molar-refractivity contribution in [2.45, 2.75) is 180 Å². The summed E-state index contributed by atoms with van der Waals surface area (Å²) in [7, 11) is 0. The molecule has 0 amide bonds. The lowest BCUT2D eigenvalue weighted by Crippen LogP contribution is -2.28. The van der Waals surface area contributed by atoms with Crippen molar-refractivity contribution >= 4 is 11.9 Å². The summed E-state index contributed by atoms with van der Waals surface area (Å²) in [5.41, 5.74) is 0. The van der Waals surface area contributed by atoms with Gasteiger partial charge < -0.3 is 24.8 Å². The van der Waals surface area contributed by atoms with Crippen LogP contribution in [0.5, 0.6) is 0 Å². The van der Waals surface area contributed by atoms with Gasteiger partial charge in [0.2, 0.25) is 0 Å². The van der Waals surface area contributed by atoms with Crippen LogP contribution in [0, 0.1) is 5.92 Å². The molecule has 0 aromatic carbocycles. The van der Waals surface area contributed by atoms with E-state index in [-0.39, 0.29) is 19.0 Å². The van der Waals surface area contributed by atoms with Crippen molar-refractivity contribution in [1.82, 2.24) is 0 Å². The van der Waals surface area contributed by atoms with Crippen molar-refractivity contribution in [3.05, 3.63) is 48.6 Å². The third-order valence-electron chi connectivity index (χ3n) is 8.24. The van der Waals surface area contributed by atoms with Gasteiger partial charge in [0, 0.05) is 12.8 Å². The first-order valence-electron chi connectivity index (χ1n) is 19.3. The number of aliphatic hydroxyl groups excluding tert-OH is 3. The lowest BCUT2D eigenvalue weighted by Gasteiger charge is -2.16. The van der Waals surface area contributed by atoms with Gasteiger partial charge in [-0.1, -0.05) is 159 Å². The van der Waals surface area contributed by atoms with E-state index >= 15 is 0 Å². The Balaban J connectivity index is 3.84. The number of hydrogen-bond donors (Lipinski definition) is 3. The van der Waals surface area contributed by atoms with Crippen LogP contribution in [0.2, 0.25) is 0 Å². The van der Waals surface area contributed by atoms with E-state index in [2.05, 4.69) is 26.8 Å². The molecule has 0 aromatic rings. The lowest BCUT2D eigenvalue weighted by molar-refractivity contribution is -0.161. The maximum Gasteiger partial charge on any atom is 0.306 e. The Morgan fingerprint density at radius 1 is 0.625 bits per heavy atom. The highest BCUT2D eigenvalue weighted by molar-refractivity contribution is 5.70. The van der Waals surface area contributed by atoms with E-state index in [9.17, 15) is 24.9 Å². The topological polar surface area (TPSA) is 113 Å². The maximum atomic E-state index is 12.2. The quantitative estimate of drug-likeness (QED) is 0.0275. The van der Waals surface area contributed by atoms with Crippen LogP contribution in [0.1, 0.15) is 162 Å². The van der Waals surface area contributed by atoms with E-state index in [0.29, 0.717) is 25.7 Å². The van der Waals surface area contributed by atoms with E-state index in [4.69, 9.17) is 9.47 Å². The fourth-order valence-corrected chi connectivity index (χ4v) is 5.23. The van der Waals surface area contributed by atoms with Gasteiger partial charge in [0.05, 0.1) is 18.8 Å². The average molecular weight is 677 g/mol. The van der Waals surface area contributed by atoms with Gasteiger partial charge >= 0.3 is 11.9 Å². The van der Waals surface area contributed by atoms with Gasteiger partial charge in [-0.3, -0.25) is 9.59 Å². The molecular formula is C41H72O7. The van der Waals surface area contributed by atoms with E-state index in [1.165, 1.54) is 83.5 Å². The number of esters is 2. The predicted octanol–water partition coefficient (Wildman–Crippen LogP) is 9.64. The molecule has 0 rings (SSSR count). The summed E-state index contributed by atoms with van der Waals surface area (Å²) < 4.78 is 10.5. The van der Waals surface area contributed by atoms with Crippen molar-refractivity contribution in [2.24, 2.45) is 5.92 Å². The van der Waals surface area contributed by atoms with Crippen LogP contribution >= 0.6 is 0 Å². The molecule has 0 spiro atoms. The number of rotatable bonds is 33. The van der Waals surface area contributed by atoms with Gasteiger partial charge in [0.15, 0.2) is 6.10 Å². The number of carbonyl (C=O) groups is 2. The Bertz CT molecular complexity index is 861. The molecule has 0 fully saturated rings. The Morgan fingerprint density at radius 2 is 1.19 bits per heavy atom. The van der Waals surface area contributed by atoms with Crippen molar-refractivity contribution in [3.8, 4) is 0 Å². The summed E-state index contributed by atoms with van der Waals surface area (Å²) in [4.78, 5) is 24.2. The first kappa shape index (κ1) is 45.8. The number of ether oxygens (including phenoxy) is 2. The summed E-state index contributed by atoms with van der Waals surface area (Å²) in [5, 5.41) is 29.6.